The fourth-order valence-corrected chi connectivity index (χ4v) is 3.42. The second-order valence-electron chi connectivity index (χ2n) is 6.67. The normalized spacial score (nSPS) is 12.5. The van der Waals surface area contributed by atoms with Crippen LogP contribution in [0.1, 0.15) is 18.5 Å². The molecular weight excluding hydrogens is 353 g/mol. The van der Waals surface area contributed by atoms with Crippen molar-refractivity contribution >= 4 is 22.2 Å². The van der Waals surface area contributed by atoms with Crippen molar-refractivity contribution in [1.29, 1.82) is 0 Å². The average Bonchev–Trinajstić information content (AvgIpc) is 3.16. The summed E-state index contributed by atoms with van der Waals surface area (Å²) in [6, 6.07) is 16.6. The van der Waals surface area contributed by atoms with Crippen molar-refractivity contribution in [3.8, 4) is 11.3 Å². The molecule has 136 valence electrons. The molecule has 0 amide bonds. The van der Waals surface area contributed by atoms with Gasteiger partial charge < -0.3 is 4.57 Å². The molecule has 0 spiro atoms. The fraction of sp³-hybridized carbons (Fsp3) is 0.0909. The molecule has 28 heavy (non-hydrogen) atoms. The van der Waals surface area contributed by atoms with Crippen molar-refractivity contribution in [3.63, 3.8) is 0 Å². The van der Waals surface area contributed by atoms with Gasteiger partial charge in [0.05, 0.1) is 29.8 Å². The first kappa shape index (κ1) is 16.5. The summed E-state index contributed by atoms with van der Waals surface area (Å²) in [5.41, 5.74) is 4.09. The Kier molecular flexibility index (Phi) is 3.83. The van der Waals surface area contributed by atoms with E-state index in [1.807, 2.05) is 60.0 Å². The van der Waals surface area contributed by atoms with Crippen LogP contribution >= 0.6 is 0 Å². The number of rotatable bonds is 3. The van der Waals surface area contributed by atoms with E-state index in [9.17, 15) is 4.39 Å². The lowest BCUT2D eigenvalue weighted by Crippen LogP contribution is -2.09. The second-order valence-corrected chi connectivity index (χ2v) is 6.67. The second kappa shape index (κ2) is 6.49. The van der Waals surface area contributed by atoms with Crippen LogP contribution in [-0.4, -0.2) is 24.5 Å². The van der Waals surface area contributed by atoms with E-state index in [1.165, 1.54) is 6.07 Å². The lowest BCUT2D eigenvalue weighted by Gasteiger charge is -2.16. The first-order chi connectivity index (χ1) is 13.7. The molecule has 2 aromatic carbocycles. The molecule has 5 rings (SSSR count). The fourth-order valence-electron chi connectivity index (χ4n) is 3.42. The van der Waals surface area contributed by atoms with Crippen molar-refractivity contribution in [3.05, 3.63) is 84.7 Å². The number of benzene rings is 2. The van der Waals surface area contributed by atoms with Crippen LogP contribution in [0.3, 0.4) is 0 Å². The summed E-state index contributed by atoms with van der Waals surface area (Å²) in [4.78, 5) is 17.7. The van der Waals surface area contributed by atoms with Crippen molar-refractivity contribution in [2.45, 2.75) is 13.0 Å². The Morgan fingerprint density at radius 3 is 2.68 bits per heavy atom. The lowest BCUT2D eigenvalue weighted by atomic mass is 10.0. The minimum Gasteiger partial charge on any atom is -0.306 e. The standard InChI is InChI=1S/C22H16FN5/c1-14(17-10-16-8-5-9-24-19(16)11-18(17)23)28-13-26-21-22(28)27-20(12-25-21)15-6-3-2-4-7-15/h2-14H,1H3. The molecule has 0 bridgehead atoms. The molecule has 0 aliphatic carbocycles. The molecule has 3 aromatic heterocycles. The number of nitrogens with zero attached hydrogens (tertiary/aromatic N) is 5. The van der Waals surface area contributed by atoms with E-state index in [4.69, 9.17) is 4.98 Å². The number of pyridine rings is 1. The highest BCUT2D eigenvalue weighted by atomic mass is 19.1. The molecule has 0 radical (unpaired) electrons. The first-order valence-corrected chi connectivity index (χ1v) is 9.00. The molecule has 0 fully saturated rings. The zero-order valence-corrected chi connectivity index (χ0v) is 15.1. The van der Waals surface area contributed by atoms with Gasteiger partial charge in [0.2, 0.25) is 0 Å². The summed E-state index contributed by atoms with van der Waals surface area (Å²) in [5.74, 6) is -0.298. The van der Waals surface area contributed by atoms with Crippen molar-refractivity contribution in [2.24, 2.45) is 0 Å². The van der Waals surface area contributed by atoms with Crippen LogP contribution < -0.4 is 0 Å². The molecule has 1 unspecified atom stereocenters. The molecular formula is C22H16FN5. The number of imidazole rings is 1. The Hall–Kier alpha value is -3.67. The number of halogens is 1. The van der Waals surface area contributed by atoms with E-state index in [0.29, 0.717) is 22.4 Å². The Labute approximate surface area is 160 Å². The van der Waals surface area contributed by atoms with Gasteiger partial charge in [-0.1, -0.05) is 36.4 Å². The van der Waals surface area contributed by atoms with E-state index in [-0.39, 0.29) is 11.9 Å². The average molecular weight is 369 g/mol. The third-order valence-electron chi connectivity index (χ3n) is 4.94. The van der Waals surface area contributed by atoms with Crippen molar-refractivity contribution in [1.82, 2.24) is 24.5 Å². The molecule has 0 aliphatic heterocycles. The van der Waals surface area contributed by atoms with Crippen LogP contribution in [-0.2, 0) is 0 Å². The van der Waals surface area contributed by atoms with Gasteiger partial charge >= 0.3 is 0 Å². The van der Waals surface area contributed by atoms with E-state index in [1.54, 1.807) is 18.7 Å². The molecule has 5 aromatic rings. The highest BCUT2D eigenvalue weighted by Gasteiger charge is 2.18. The van der Waals surface area contributed by atoms with Gasteiger partial charge in [-0.3, -0.25) is 4.98 Å². The van der Waals surface area contributed by atoms with Crippen LogP contribution in [0.25, 0.3) is 33.5 Å². The Morgan fingerprint density at radius 1 is 0.964 bits per heavy atom. The molecule has 0 aliphatic rings. The summed E-state index contributed by atoms with van der Waals surface area (Å²) < 4.78 is 16.7. The summed E-state index contributed by atoms with van der Waals surface area (Å²) in [6.45, 7) is 1.93. The topological polar surface area (TPSA) is 56.5 Å². The van der Waals surface area contributed by atoms with E-state index >= 15 is 0 Å². The van der Waals surface area contributed by atoms with Crippen LogP contribution in [0.15, 0.2) is 73.3 Å². The van der Waals surface area contributed by atoms with Gasteiger partial charge in [0.15, 0.2) is 11.3 Å². The van der Waals surface area contributed by atoms with Crippen molar-refractivity contribution in [2.75, 3.05) is 0 Å². The lowest BCUT2D eigenvalue weighted by molar-refractivity contribution is 0.564. The zero-order valence-electron chi connectivity index (χ0n) is 15.1. The van der Waals surface area contributed by atoms with E-state index in [0.717, 1.165) is 16.6 Å². The predicted octanol–water partition coefficient (Wildman–Crippen LogP) is 4.79. The Balaban J connectivity index is 1.64. The summed E-state index contributed by atoms with van der Waals surface area (Å²) in [7, 11) is 0. The molecule has 0 saturated heterocycles. The minimum absolute atomic E-state index is 0.296. The molecule has 5 nitrogen and oxygen atoms in total. The molecule has 1 atom stereocenters. The van der Waals surface area contributed by atoms with Gasteiger partial charge in [0, 0.05) is 28.8 Å². The van der Waals surface area contributed by atoms with Crippen LogP contribution in [0.2, 0.25) is 0 Å². The molecule has 0 saturated carbocycles. The van der Waals surface area contributed by atoms with Gasteiger partial charge in [0.25, 0.3) is 0 Å². The van der Waals surface area contributed by atoms with Crippen LogP contribution in [0.5, 0.6) is 0 Å². The largest absolute Gasteiger partial charge is 0.306 e. The van der Waals surface area contributed by atoms with Crippen LogP contribution in [0, 0.1) is 5.82 Å². The van der Waals surface area contributed by atoms with Crippen LogP contribution in [0.4, 0.5) is 4.39 Å². The maximum absolute atomic E-state index is 14.8. The number of hydrogen-bond donors (Lipinski definition) is 0. The number of hydrogen-bond acceptors (Lipinski definition) is 4. The minimum atomic E-state index is -0.298. The summed E-state index contributed by atoms with van der Waals surface area (Å²) >= 11 is 0. The molecule has 3 heterocycles. The summed E-state index contributed by atoms with van der Waals surface area (Å²) in [5, 5.41) is 0.895. The number of aromatic nitrogens is 5. The van der Waals surface area contributed by atoms with Gasteiger partial charge in [-0.25, -0.2) is 19.3 Å². The van der Waals surface area contributed by atoms with Gasteiger partial charge in [-0.15, -0.1) is 0 Å². The van der Waals surface area contributed by atoms with Gasteiger partial charge in [0.1, 0.15) is 5.82 Å². The zero-order chi connectivity index (χ0) is 19.1. The number of fused-ring (bicyclic) bond motifs is 2. The van der Waals surface area contributed by atoms with Gasteiger partial charge in [-0.2, -0.15) is 0 Å². The molecule has 0 N–H and O–H groups in total. The predicted molar refractivity (Wildman–Crippen MR) is 106 cm³/mol. The smallest absolute Gasteiger partial charge is 0.197 e. The van der Waals surface area contributed by atoms with Crippen molar-refractivity contribution < 1.29 is 4.39 Å². The highest BCUT2D eigenvalue weighted by molar-refractivity contribution is 5.79. The monoisotopic (exact) mass is 369 g/mol. The van der Waals surface area contributed by atoms with E-state index in [2.05, 4.69) is 15.0 Å². The SMILES string of the molecule is CC(c1cc2cccnc2cc1F)n1cnc2ncc(-c3ccccc3)nc21. The Morgan fingerprint density at radius 2 is 1.82 bits per heavy atom. The quantitative estimate of drug-likeness (QED) is 0.459. The Bertz CT molecular complexity index is 1300. The highest BCUT2D eigenvalue weighted by Crippen LogP contribution is 2.28. The molecule has 6 heteroatoms. The third-order valence-corrected chi connectivity index (χ3v) is 4.94. The first-order valence-electron chi connectivity index (χ1n) is 9.00. The maximum Gasteiger partial charge on any atom is 0.197 e. The van der Waals surface area contributed by atoms with Gasteiger partial charge in [-0.05, 0) is 19.1 Å². The van der Waals surface area contributed by atoms with E-state index < -0.39 is 0 Å². The summed E-state index contributed by atoms with van der Waals surface area (Å²) in [6.07, 6.45) is 5.04. The maximum atomic E-state index is 14.8. The third kappa shape index (κ3) is 2.70.